The molecule has 0 aromatic carbocycles. The van der Waals surface area contributed by atoms with Crippen LogP contribution in [0, 0.1) is 0 Å². The van der Waals surface area contributed by atoms with Crippen molar-refractivity contribution in [1.29, 1.82) is 0 Å². The van der Waals surface area contributed by atoms with Crippen LogP contribution >= 0.6 is 11.8 Å². The monoisotopic (exact) mass is 240 g/mol. The normalized spacial score (nSPS) is 12.5. The van der Waals surface area contributed by atoms with Gasteiger partial charge in [0.15, 0.2) is 0 Å². The highest BCUT2D eigenvalue weighted by molar-refractivity contribution is 7.98. The van der Waals surface area contributed by atoms with Crippen LogP contribution in [0.1, 0.15) is 18.9 Å². The molecule has 1 atom stereocenters. The molecule has 0 amide bonds. The van der Waals surface area contributed by atoms with Gasteiger partial charge in [-0.15, -0.1) is 0 Å². The smallest absolute Gasteiger partial charge is 0.225 e. The van der Waals surface area contributed by atoms with Crippen LogP contribution in [0.15, 0.2) is 12.4 Å². The van der Waals surface area contributed by atoms with Gasteiger partial charge in [-0.1, -0.05) is 6.92 Å². The Hall–Kier alpha value is -0.810. The molecule has 16 heavy (non-hydrogen) atoms. The van der Waals surface area contributed by atoms with Crippen LogP contribution in [-0.4, -0.2) is 35.1 Å². The molecule has 0 aliphatic heterocycles. The Morgan fingerprint density at radius 3 is 2.50 bits per heavy atom. The van der Waals surface area contributed by atoms with Gasteiger partial charge in [-0.05, 0) is 12.7 Å². The van der Waals surface area contributed by atoms with Gasteiger partial charge in [0.05, 0.1) is 0 Å². The second-order valence-electron chi connectivity index (χ2n) is 3.72. The molecule has 0 saturated carbocycles. The van der Waals surface area contributed by atoms with E-state index in [9.17, 15) is 0 Å². The molecular weight excluding hydrogens is 220 g/mol. The number of thioether (sulfide) groups is 1. The predicted octanol–water partition coefficient (Wildman–Crippen LogP) is 1.51. The molecule has 0 radical (unpaired) electrons. The van der Waals surface area contributed by atoms with Gasteiger partial charge in [0, 0.05) is 43.3 Å². The molecule has 1 unspecified atom stereocenters. The standard InChI is InChI=1S/C11H20N4S/c1-4-10(8-16-3)15(2)11-13-6-9(5-12)7-14-11/h6-7,10H,4-5,8,12H2,1-3H3. The van der Waals surface area contributed by atoms with Crippen LogP contribution in [-0.2, 0) is 6.54 Å². The van der Waals surface area contributed by atoms with E-state index >= 15 is 0 Å². The average Bonchev–Trinajstić information content (AvgIpc) is 2.35. The van der Waals surface area contributed by atoms with Gasteiger partial charge < -0.3 is 10.6 Å². The number of nitrogens with two attached hydrogens (primary N) is 1. The van der Waals surface area contributed by atoms with Crippen LogP contribution in [0.25, 0.3) is 0 Å². The molecule has 0 fully saturated rings. The molecule has 0 aliphatic carbocycles. The molecule has 4 nitrogen and oxygen atoms in total. The average molecular weight is 240 g/mol. The Balaban J connectivity index is 2.73. The molecule has 0 bridgehead atoms. The number of anilines is 1. The van der Waals surface area contributed by atoms with E-state index in [-0.39, 0.29) is 0 Å². The Morgan fingerprint density at radius 2 is 2.06 bits per heavy atom. The van der Waals surface area contributed by atoms with Crippen molar-refractivity contribution in [2.24, 2.45) is 5.73 Å². The van der Waals surface area contributed by atoms with Crippen molar-refractivity contribution in [1.82, 2.24) is 9.97 Å². The zero-order chi connectivity index (χ0) is 12.0. The maximum Gasteiger partial charge on any atom is 0.225 e. The number of nitrogens with zero attached hydrogens (tertiary/aromatic N) is 3. The predicted molar refractivity (Wildman–Crippen MR) is 70.8 cm³/mol. The molecule has 2 N–H and O–H groups in total. The Labute approximate surface area is 102 Å². The quantitative estimate of drug-likeness (QED) is 0.817. The highest BCUT2D eigenvalue weighted by Crippen LogP contribution is 2.14. The number of rotatable bonds is 6. The first kappa shape index (κ1) is 13.3. The number of hydrogen-bond acceptors (Lipinski definition) is 5. The third-order valence-corrected chi connectivity index (χ3v) is 3.34. The Morgan fingerprint density at radius 1 is 1.44 bits per heavy atom. The second-order valence-corrected chi connectivity index (χ2v) is 4.63. The topological polar surface area (TPSA) is 55.0 Å². The molecular formula is C11H20N4S. The molecule has 1 rings (SSSR count). The zero-order valence-corrected chi connectivity index (χ0v) is 11.0. The summed E-state index contributed by atoms with van der Waals surface area (Å²) in [6, 6.07) is 0.485. The summed E-state index contributed by atoms with van der Waals surface area (Å²) in [4.78, 5) is 10.8. The SMILES string of the molecule is CCC(CSC)N(C)c1ncc(CN)cn1. The van der Waals surface area contributed by atoms with Crippen molar-refractivity contribution in [3.05, 3.63) is 18.0 Å². The summed E-state index contributed by atoms with van der Waals surface area (Å²) >= 11 is 1.85. The van der Waals surface area contributed by atoms with Gasteiger partial charge in [0.25, 0.3) is 0 Å². The summed E-state index contributed by atoms with van der Waals surface area (Å²) in [6.07, 6.45) is 6.81. The summed E-state index contributed by atoms with van der Waals surface area (Å²) < 4.78 is 0. The van der Waals surface area contributed by atoms with Gasteiger partial charge in [0.1, 0.15) is 0 Å². The molecule has 1 aromatic rings. The summed E-state index contributed by atoms with van der Waals surface area (Å²) in [5.41, 5.74) is 6.48. The lowest BCUT2D eigenvalue weighted by atomic mass is 10.2. The molecule has 90 valence electrons. The fraction of sp³-hybridized carbons (Fsp3) is 0.636. The number of aromatic nitrogens is 2. The van der Waals surface area contributed by atoms with Crippen LogP contribution in [0.5, 0.6) is 0 Å². The largest absolute Gasteiger partial charge is 0.340 e. The van der Waals surface area contributed by atoms with Crippen molar-refractivity contribution in [2.75, 3.05) is 24.0 Å². The summed E-state index contributed by atoms with van der Waals surface area (Å²) in [7, 11) is 2.04. The lowest BCUT2D eigenvalue weighted by Gasteiger charge is -2.26. The van der Waals surface area contributed by atoms with E-state index < -0.39 is 0 Å². The lowest BCUT2D eigenvalue weighted by Crippen LogP contribution is -2.34. The van der Waals surface area contributed by atoms with E-state index in [1.807, 2.05) is 18.8 Å². The first-order chi connectivity index (χ1) is 7.72. The molecule has 1 aromatic heterocycles. The molecule has 5 heteroatoms. The Bertz CT molecular complexity index is 301. The highest BCUT2D eigenvalue weighted by atomic mass is 32.2. The fourth-order valence-corrected chi connectivity index (χ4v) is 2.34. The van der Waals surface area contributed by atoms with E-state index in [0.717, 1.165) is 23.7 Å². The third-order valence-electron chi connectivity index (χ3n) is 2.62. The first-order valence-electron chi connectivity index (χ1n) is 5.45. The van der Waals surface area contributed by atoms with Crippen molar-refractivity contribution in [3.63, 3.8) is 0 Å². The second kappa shape index (κ2) is 6.70. The van der Waals surface area contributed by atoms with Gasteiger partial charge in [0.2, 0.25) is 5.95 Å². The third kappa shape index (κ3) is 3.35. The van der Waals surface area contributed by atoms with Crippen molar-refractivity contribution < 1.29 is 0 Å². The Kier molecular flexibility index (Phi) is 5.55. The maximum atomic E-state index is 5.51. The van der Waals surface area contributed by atoms with Crippen LogP contribution in [0.3, 0.4) is 0 Å². The highest BCUT2D eigenvalue weighted by Gasteiger charge is 2.14. The van der Waals surface area contributed by atoms with Gasteiger partial charge in [-0.2, -0.15) is 11.8 Å². The van der Waals surface area contributed by atoms with Crippen LogP contribution < -0.4 is 10.6 Å². The minimum atomic E-state index is 0.485. The van der Waals surface area contributed by atoms with E-state index in [0.29, 0.717) is 12.6 Å². The van der Waals surface area contributed by atoms with E-state index in [2.05, 4.69) is 28.0 Å². The summed E-state index contributed by atoms with van der Waals surface area (Å²) in [5, 5.41) is 0. The fourth-order valence-electron chi connectivity index (χ4n) is 1.49. The van der Waals surface area contributed by atoms with E-state index in [4.69, 9.17) is 5.73 Å². The van der Waals surface area contributed by atoms with Crippen molar-refractivity contribution >= 4 is 17.7 Å². The maximum absolute atomic E-state index is 5.51. The molecule has 0 spiro atoms. The van der Waals surface area contributed by atoms with E-state index in [1.165, 1.54) is 0 Å². The van der Waals surface area contributed by atoms with Crippen LogP contribution in [0.4, 0.5) is 5.95 Å². The minimum Gasteiger partial charge on any atom is -0.340 e. The van der Waals surface area contributed by atoms with Gasteiger partial charge in [-0.25, -0.2) is 9.97 Å². The molecule has 0 saturated heterocycles. The summed E-state index contributed by atoms with van der Waals surface area (Å²) in [5.74, 6) is 1.87. The van der Waals surface area contributed by atoms with Gasteiger partial charge in [-0.3, -0.25) is 0 Å². The van der Waals surface area contributed by atoms with Gasteiger partial charge >= 0.3 is 0 Å². The van der Waals surface area contributed by atoms with Crippen molar-refractivity contribution in [2.45, 2.75) is 25.9 Å². The molecule has 1 heterocycles. The molecule has 0 aliphatic rings. The summed E-state index contributed by atoms with van der Waals surface area (Å²) in [6.45, 7) is 2.68. The zero-order valence-electron chi connectivity index (χ0n) is 10.2. The van der Waals surface area contributed by atoms with Crippen molar-refractivity contribution in [3.8, 4) is 0 Å². The van der Waals surface area contributed by atoms with E-state index in [1.54, 1.807) is 12.4 Å². The minimum absolute atomic E-state index is 0.485. The lowest BCUT2D eigenvalue weighted by molar-refractivity contribution is 0.656. The van der Waals surface area contributed by atoms with Crippen LogP contribution in [0.2, 0.25) is 0 Å². The number of hydrogen-bond donors (Lipinski definition) is 1. The first-order valence-corrected chi connectivity index (χ1v) is 6.85.